The molecule has 0 radical (unpaired) electrons. The zero-order valence-electron chi connectivity index (χ0n) is 9.55. The Morgan fingerprint density at radius 3 is 2.79 bits per heavy atom. The first-order chi connectivity index (χ1) is 6.61. The van der Waals surface area contributed by atoms with Crippen molar-refractivity contribution in [2.24, 2.45) is 5.92 Å². The van der Waals surface area contributed by atoms with Crippen molar-refractivity contribution in [1.29, 1.82) is 0 Å². The summed E-state index contributed by atoms with van der Waals surface area (Å²) in [4.78, 5) is 13.9. The van der Waals surface area contributed by atoms with Crippen molar-refractivity contribution >= 4 is 5.91 Å². The van der Waals surface area contributed by atoms with E-state index in [4.69, 9.17) is 0 Å². The molecule has 1 atom stereocenters. The molecule has 82 valence electrons. The molecule has 0 aliphatic carbocycles. The third-order valence-electron chi connectivity index (χ3n) is 2.68. The number of hydrogen-bond acceptors (Lipinski definition) is 2. The molecule has 0 unspecified atom stereocenters. The van der Waals surface area contributed by atoms with Crippen molar-refractivity contribution in [2.45, 2.75) is 39.7 Å². The molecule has 1 heterocycles. The summed E-state index contributed by atoms with van der Waals surface area (Å²) in [6.07, 6.45) is 1.76. The van der Waals surface area contributed by atoms with E-state index >= 15 is 0 Å². The molecule has 0 aromatic heterocycles. The Labute approximate surface area is 86.9 Å². The first-order valence-corrected chi connectivity index (χ1v) is 5.63. The minimum atomic E-state index is 0.211. The van der Waals surface area contributed by atoms with Gasteiger partial charge in [0, 0.05) is 25.6 Å². The predicted octanol–water partition coefficient (Wildman–Crippen LogP) is 1.24. The number of carbonyl (C=O) groups is 1. The number of nitrogens with one attached hydrogen (secondary N) is 1. The van der Waals surface area contributed by atoms with E-state index in [9.17, 15) is 4.79 Å². The van der Waals surface area contributed by atoms with Crippen LogP contribution in [0.25, 0.3) is 0 Å². The van der Waals surface area contributed by atoms with Gasteiger partial charge in [-0.1, -0.05) is 20.8 Å². The summed E-state index contributed by atoms with van der Waals surface area (Å²) in [7, 11) is 0. The van der Waals surface area contributed by atoms with E-state index in [2.05, 4.69) is 31.0 Å². The smallest absolute Gasteiger partial charge is 0.220 e. The Morgan fingerprint density at radius 2 is 2.29 bits per heavy atom. The van der Waals surface area contributed by atoms with Gasteiger partial charge in [-0.3, -0.25) is 4.79 Å². The normalized spacial score (nSPS) is 23.0. The molecular weight excluding hydrogens is 176 g/mol. The molecule has 0 spiro atoms. The van der Waals surface area contributed by atoms with Gasteiger partial charge in [-0.15, -0.1) is 0 Å². The molecule has 3 nitrogen and oxygen atoms in total. The van der Waals surface area contributed by atoms with Crippen LogP contribution in [-0.2, 0) is 4.79 Å². The maximum Gasteiger partial charge on any atom is 0.220 e. The Balaban J connectivity index is 2.22. The van der Waals surface area contributed by atoms with Crippen LogP contribution in [0.1, 0.15) is 33.6 Å². The number of hydrogen-bond donors (Lipinski definition) is 1. The maximum atomic E-state index is 11.5. The van der Waals surface area contributed by atoms with Gasteiger partial charge >= 0.3 is 0 Å². The van der Waals surface area contributed by atoms with E-state index in [1.165, 1.54) is 0 Å². The van der Waals surface area contributed by atoms with E-state index < -0.39 is 0 Å². The van der Waals surface area contributed by atoms with Crippen molar-refractivity contribution in [3.05, 3.63) is 0 Å². The summed E-state index contributed by atoms with van der Waals surface area (Å²) in [6, 6.07) is 0.390. The van der Waals surface area contributed by atoms with E-state index in [1.807, 2.05) is 0 Å². The standard InChI is InChI=1S/C11H22N2O/c1-4-13-6-5-10(8-13)12-11(14)7-9(2)3/h9-10H,4-8H2,1-3H3,(H,12,14)/t10-/m0/s1. The second-order valence-electron chi connectivity index (χ2n) is 4.54. The van der Waals surface area contributed by atoms with Crippen molar-refractivity contribution < 1.29 is 4.79 Å². The third kappa shape index (κ3) is 3.66. The molecule has 14 heavy (non-hydrogen) atoms. The second kappa shape index (κ2) is 5.35. The van der Waals surface area contributed by atoms with E-state index in [-0.39, 0.29) is 5.91 Å². The molecule has 1 N–H and O–H groups in total. The SMILES string of the molecule is CCN1CC[C@H](NC(=O)CC(C)C)C1. The van der Waals surface area contributed by atoms with Crippen LogP contribution < -0.4 is 5.32 Å². The second-order valence-corrected chi connectivity index (χ2v) is 4.54. The summed E-state index contributed by atoms with van der Waals surface area (Å²) in [5.41, 5.74) is 0. The van der Waals surface area contributed by atoms with Crippen LogP contribution in [0.2, 0.25) is 0 Å². The van der Waals surface area contributed by atoms with Crippen LogP contribution in [0.4, 0.5) is 0 Å². The van der Waals surface area contributed by atoms with Gasteiger partial charge in [-0.25, -0.2) is 0 Å². The van der Waals surface area contributed by atoms with Gasteiger partial charge in [0.1, 0.15) is 0 Å². The zero-order valence-corrected chi connectivity index (χ0v) is 9.55. The van der Waals surface area contributed by atoms with Crippen LogP contribution in [0.3, 0.4) is 0 Å². The first-order valence-electron chi connectivity index (χ1n) is 5.63. The van der Waals surface area contributed by atoms with Gasteiger partial charge in [-0.2, -0.15) is 0 Å². The fourth-order valence-electron chi connectivity index (χ4n) is 1.90. The fraction of sp³-hybridized carbons (Fsp3) is 0.909. The Kier molecular flexibility index (Phi) is 4.39. The van der Waals surface area contributed by atoms with Crippen molar-refractivity contribution in [1.82, 2.24) is 10.2 Å². The van der Waals surface area contributed by atoms with Crippen molar-refractivity contribution in [3.63, 3.8) is 0 Å². The zero-order chi connectivity index (χ0) is 10.6. The van der Waals surface area contributed by atoms with Gasteiger partial charge < -0.3 is 10.2 Å². The van der Waals surface area contributed by atoms with Gasteiger partial charge in [0.25, 0.3) is 0 Å². The predicted molar refractivity (Wildman–Crippen MR) is 58.1 cm³/mol. The lowest BCUT2D eigenvalue weighted by molar-refractivity contribution is -0.122. The molecule has 1 aliphatic heterocycles. The molecular formula is C11H22N2O. The van der Waals surface area contributed by atoms with Gasteiger partial charge in [-0.05, 0) is 18.9 Å². The van der Waals surface area contributed by atoms with Crippen LogP contribution in [0.15, 0.2) is 0 Å². The number of likely N-dealkylation sites (N-methyl/N-ethyl adjacent to an activating group) is 1. The molecule has 1 fully saturated rings. The summed E-state index contributed by atoms with van der Waals surface area (Å²) < 4.78 is 0. The highest BCUT2D eigenvalue weighted by atomic mass is 16.1. The Morgan fingerprint density at radius 1 is 1.57 bits per heavy atom. The minimum absolute atomic E-state index is 0.211. The van der Waals surface area contributed by atoms with Gasteiger partial charge in [0.2, 0.25) is 5.91 Å². The average Bonchev–Trinajstić information content (AvgIpc) is 2.50. The molecule has 3 heteroatoms. The summed E-state index contributed by atoms with van der Waals surface area (Å²) in [5, 5.41) is 3.09. The van der Waals surface area contributed by atoms with Gasteiger partial charge in [0.05, 0.1) is 0 Å². The van der Waals surface area contributed by atoms with Gasteiger partial charge in [0.15, 0.2) is 0 Å². The van der Waals surface area contributed by atoms with Crippen LogP contribution in [-0.4, -0.2) is 36.5 Å². The van der Waals surface area contributed by atoms with E-state index in [0.29, 0.717) is 18.4 Å². The van der Waals surface area contributed by atoms with E-state index in [1.54, 1.807) is 0 Å². The lowest BCUT2D eigenvalue weighted by atomic mass is 10.1. The quantitative estimate of drug-likeness (QED) is 0.737. The minimum Gasteiger partial charge on any atom is -0.352 e. The largest absolute Gasteiger partial charge is 0.352 e. The Hall–Kier alpha value is -0.570. The van der Waals surface area contributed by atoms with Crippen LogP contribution in [0, 0.1) is 5.92 Å². The highest BCUT2D eigenvalue weighted by molar-refractivity contribution is 5.76. The lowest BCUT2D eigenvalue weighted by Gasteiger charge is -2.15. The summed E-state index contributed by atoms with van der Waals surface area (Å²) >= 11 is 0. The number of carbonyl (C=O) groups excluding carboxylic acids is 1. The molecule has 0 aromatic rings. The molecule has 1 aliphatic rings. The van der Waals surface area contributed by atoms with Crippen molar-refractivity contribution in [3.8, 4) is 0 Å². The molecule has 1 rings (SSSR count). The summed E-state index contributed by atoms with van der Waals surface area (Å²) in [5.74, 6) is 0.668. The topological polar surface area (TPSA) is 32.3 Å². The summed E-state index contributed by atoms with van der Waals surface area (Å²) in [6.45, 7) is 9.57. The maximum absolute atomic E-state index is 11.5. The highest BCUT2D eigenvalue weighted by Gasteiger charge is 2.22. The highest BCUT2D eigenvalue weighted by Crippen LogP contribution is 2.09. The molecule has 1 saturated heterocycles. The van der Waals surface area contributed by atoms with Crippen LogP contribution >= 0.6 is 0 Å². The number of likely N-dealkylation sites (tertiary alicyclic amines) is 1. The lowest BCUT2D eigenvalue weighted by Crippen LogP contribution is -2.37. The fourth-order valence-corrected chi connectivity index (χ4v) is 1.90. The monoisotopic (exact) mass is 198 g/mol. The first kappa shape index (κ1) is 11.5. The average molecular weight is 198 g/mol. The molecule has 0 saturated carbocycles. The number of rotatable bonds is 4. The molecule has 0 aromatic carbocycles. The van der Waals surface area contributed by atoms with Crippen molar-refractivity contribution in [2.75, 3.05) is 19.6 Å². The molecule has 0 bridgehead atoms. The number of amides is 1. The number of nitrogens with zero attached hydrogens (tertiary/aromatic N) is 1. The Bertz CT molecular complexity index is 192. The van der Waals surface area contributed by atoms with Crippen LogP contribution in [0.5, 0.6) is 0 Å². The molecule has 1 amide bonds. The van der Waals surface area contributed by atoms with E-state index in [0.717, 1.165) is 26.1 Å². The third-order valence-corrected chi connectivity index (χ3v) is 2.68.